The van der Waals surface area contributed by atoms with Gasteiger partial charge in [-0.15, -0.1) is 0 Å². The van der Waals surface area contributed by atoms with Gasteiger partial charge in [-0.25, -0.2) is 4.79 Å². The third-order valence-corrected chi connectivity index (χ3v) is 8.35. The molecule has 2 atom stereocenters. The van der Waals surface area contributed by atoms with Crippen molar-refractivity contribution in [1.29, 1.82) is 0 Å². The zero-order valence-electron chi connectivity index (χ0n) is 21.6. The Hall–Kier alpha value is -4.06. The predicted octanol–water partition coefficient (Wildman–Crippen LogP) is 6.42. The molecule has 0 radical (unpaired) electrons. The van der Waals surface area contributed by atoms with E-state index in [2.05, 4.69) is 62.4 Å². The molecule has 2 aliphatic heterocycles. The summed E-state index contributed by atoms with van der Waals surface area (Å²) in [7, 11) is 0. The van der Waals surface area contributed by atoms with Crippen molar-refractivity contribution in [3.05, 3.63) is 83.1 Å². The molecule has 3 aromatic carbocycles. The summed E-state index contributed by atoms with van der Waals surface area (Å²) >= 11 is 0. The first-order chi connectivity index (χ1) is 18.3. The molecule has 1 aliphatic carbocycles. The van der Waals surface area contributed by atoms with E-state index in [0.29, 0.717) is 18.7 Å². The molecule has 6 nitrogen and oxygen atoms in total. The van der Waals surface area contributed by atoms with Gasteiger partial charge in [0.1, 0.15) is 5.75 Å². The maximum absolute atomic E-state index is 11.8. The van der Waals surface area contributed by atoms with E-state index in [1.807, 2.05) is 17.0 Å². The number of allylic oxidation sites excluding steroid dienone is 1. The number of piperidine rings is 1. The van der Waals surface area contributed by atoms with Crippen LogP contribution in [0.2, 0.25) is 0 Å². The van der Waals surface area contributed by atoms with Crippen molar-refractivity contribution >= 4 is 28.8 Å². The average molecular weight is 510 g/mol. The Labute approximate surface area is 221 Å². The second-order valence-electron chi connectivity index (χ2n) is 10.9. The van der Waals surface area contributed by atoms with Gasteiger partial charge in [-0.3, -0.25) is 4.79 Å². The molecule has 6 heteroatoms. The molecule has 0 saturated carbocycles. The number of aliphatic carboxylic acids is 2. The number of carboxylic acids is 2. The molecule has 2 unspecified atom stereocenters. The van der Waals surface area contributed by atoms with Crippen molar-refractivity contribution in [2.24, 2.45) is 5.92 Å². The molecule has 3 aliphatic rings. The van der Waals surface area contributed by atoms with Crippen molar-refractivity contribution in [3.8, 4) is 16.9 Å². The van der Waals surface area contributed by atoms with E-state index in [0.717, 1.165) is 34.9 Å². The molecule has 3 aromatic rings. The second kappa shape index (κ2) is 9.05. The van der Waals surface area contributed by atoms with Crippen LogP contribution in [0.1, 0.15) is 56.2 Å². The van der Waals surface area contributed by atoms with Gasteiger partial charge in [-0.05, 0) is 65.0 Å². The number of rotatable bonds is 5. The third kappa shape index (κ3) is 3.78. The maximum atomic E-state index is 11.8. The highest BCUT2D eigenvalue weighted by molar-refractivity contribution is 6.08. The van der Waals surface area contributed by atoms with E-state index in [-0.39, 0.29) is 17.8 Å². The van der Waals surface area contributed by atoms with Crippen LogP contribution in [0.3, 0.4) is 0 Å². The first-order valence-corrected chi connectivity index (χ1v) is 13.2. The van der Waals surface area contributed by atoms with Gasteiger partial charge in [-0.2, -0.15) is 0 Å². The highest BCUT2D eigenvalue weighted by Gasteiger charge is 2.41. The predicted molar refractivity (Wildman–Crippen MR) is 147 cm³/mol. The Balaban J connectivity index is 1.47. The molecule has 0 aromatic heterocycles. The Morgan fingerprint density at radius 3 is 2.58 bits per heavy atom. The molecule has 2 N–H and O–H groups in total. The molecule has 1 fully saturated rings. The number of benzene rings is 3. The van der Waals surface area contributed by atoms with E-state index >= 15 is 0 Å². The normalized spacial score (nSPS) is 22.1. The Bertz CT molecular complexity index is 1530. The van der Waals surface area contributed by atoms with Crippen molar-refractivity contribution < 1.29 is 24.5 Å². The zero-order valence-corrected chi connectivity index (χ0v) is 21.6. The van der Waals surface area contributed by atoms with Gasteiger partial charge in [0.25, 0.3) is 0 Å². The van der Waals surface area contributed by atoms with E-state index in [1.54, 1.807) is 0 Å². The number of likely N-dealkylation sites (tertiary alicyclic amines) is 1. The van der Waals surface area contributed by atoms with Crippen LogP contribution in [0.5, 0.6) is 5.75 Å². The van der Waals surface area contributed by atoms with Crippen molar-refractivity contribution in [1.82, 2.24) is 4.90 Å². The van der Waals surface area contributed by atoms with Crippen molar-refractivity contribution in [2.45, 2.75) is 51.2 Å². The molecule has 0 bridgehead atoms. The lowest BCUT2D eigenvalue weighted by Gasteiger charge is -2.42. The molecule has 0 amide bonds. The van der Waals surface area contributed by atoms with Crippen LogP contribution in [0.25, 0.3) is 28.0 Å². The van der Waals surface area contributed by atoms with Crippen LogP contribution in [-0.2, 0) is 15.0 Å². The van der Waals surface area contributed by atoms with Crippen LogP contribution in [0.4, 0.5) is 0 Å². The van der Waals surface area contributed by atoms with Crippen molar-refractivity contribution in [2.75, 3.05) is 6.54 Å². The van der Waals surface area contributed by atoms with Crippen molar-refractivity contribution in [3.63, 3.8) is 0 Å². The molecule has 2 heterocycles. The summed E-state index contributed by atoms with van der Waals surface area (Å²) in [5.41, 5.74) is 6.56. The third-order valence-electron chi connectivity index (χ3n) is 8.35. The lowest BCUT2D eigenvalue weighted by molar-refractivity contribution is -0.137. The van der Waals surface area contributed by atoms with Gasteiger partial charge in [-0.1, -0.05) is 62.4 Å². The number of carbonyl (C=O) groups is 2. The number of carboxylic acid groups (broad SMARTS) is 2. The summed E-state index contributed by atoms with van der Waals surface area (Å²) in [6.45, 7) is 5.17. The van der Waals surface area contributed by atoms with E-state index in [9.17, 15) is 19.8 Å². The van der Waals surface area contributed by atoms with Crippen LogP contribution in [0, 0.1) is 5.92 Å². The summed E-state index contributed by atoms with van der Waals surface area (Å²) in [5.74, 6) is -1.23. The molecule has 6 rings (SSSR count). The minimum Gasteiger partial charge on any atom is -0.481 e. The van der Waals surface area contributed by atoms with Gasteiger partial charge in [0.15, 0.2) is 6.23 Å². The van der Waals surface area contributed by atoms with Gasteiger partial charge in [0, 0.05) is 41.1 Å². The van der Waals surface area contributed by atoms with Crippen LogP contribution in [0.15, 0.2) is 66.4 Å². The Morgan fingerprint density at radius 1 is 1.08 bits per heavy atom. The van der Waals surface area contributed by atoms with Crippen LogP contribution in [-0.4, -0.2) is 39.8 Å². The molecular weight excluding hydrogens is 478 g/mol. The molecule has 0 spiro atoms. The SMILES string of the molecule is CC1(C)c2ccccc2-c2c1c1c(c3ccccc23)OC(N2CCCC(CCC(=O)O)C2=CC(=O)O)C=C1. The lowest BCUT2D eigenvalue weighted by atomic mass is 9.78. The first-order valence-electron chi connectivity index (χ1n) is 13.2. The fraction of sp³-hybridized carbons (Fsp3) is 0.312. The largest absolute Gasteiger partial charge is 0.481 e. The van der Waals surface area contributed by atoms with E-state index < -0.39 is 18.2 Å². The first kappa shape index (κ1) is 24.3. The zero-order chi connectivity index (χ0) is 26.6. The minimum atomic E-state index is -1.03. The highest BCUT2D eigenvalue weighted by atomic mass is 16.5. The molecular formula is C32H31NO5. The smallest absolute Gasteiger partial charge is 0.330 e. The summed E-state index contributed by atoms with van der Waals surface area (Å²) in [6.07, 6.45) is 6.93. The van der Waals surface area contributed by atoms with Gasteiger partial charge >= 0.3 is 11.9 Å². The van der Waals surface area contributed by atoms with E-state index in [4.69, 9.17) is 4.74 Å². The number of hydrogen-bond acceptors (Lipinski definition) is 4. The number of ether oxygens (including phenoxy) is 1. The molecule has 194 valence electrons. The van der Waals surface area contributed by atoms with Crippen LogP contribution >= 0.6 is 0 Å². The lowest BCUT2D eigenvalue weighted by Crippen LogP contribution is -2.44. The monoisotopic (exact) mass is 509 g/mol. The summed E-state index contributed by atoms with van der Waals surface area (Å²) in [6, 6.07) is 16.9. The van der Waals surface area contributed by atoms with Gasteiger partial charge in [0.05, 0.1) is 0 Å². The fourth-order valence-electron chi connectivity index (χ4n) is 6.74. The minimum absolute atomic E-state index is 0.00603. The van der Waals surface area contributed by atoms with Gasteiger partial charge < -0.3 is 19.8 Å². The number of fused-ring (bicyclic) bond motifs is 8. The topological polar surface area (TPSA) is 87.1 Å². The standard InChI is InChI=1S/C32H31NO5/c1-32(2)24-12-6-5-11-22(24)29-20-9-3-4-10-21(20)31-23(30(29)32)14-15-26(38-31)33-17-7-8-19(13-16-27(34)35)25(33)18-28(36)37/h3-6,9-12,14-15,18-19,26H,7-8,13,16-17H2,1-2H3,(H,34,35)(H,36,37). The Morgan fingerprint density at radius 2 is 1.82 bits per heavy atom. The molecule has 1 saturated heterocycles. The summed E-state index contributed by atoms with van der Waals surface area (Å²) in [4.78, 5) is 25.0. The number of hydrogen-bond donors (Lipinski definition) is 2. The Kier molecular flexibility index (Phi) is 5.78. The fourth-order valence-corrected chi connectivity index (χ4v) is 6.74. The molecule has 38 heavy (non-hydrogen) atoms. The highest BCUT2D eigenvalue weighted by Crippen LogP contribution is 2.56. The maximum Gasteiger partial charge on any atom is 0.330 e. The average Bonchev–Trinajstić information content (AvgIpc) is 3.15. The van der Waals surface area contributed by atoms with Crippen LogP contribution < -0.4 is 4.74 Å². The summed E-state index contributed by atoms with van der Waals surface area (Å²) in [5, 5.41) is 21.1. The summed E-state index contributed by atoms with van der Waals surface area (Å²) < 4.78 is 6.78. The number of nitrogens with zero attached hydrogens (tertiary/aromatic N) is 1. The van der Waals surface area contributed by atoms with E-state index in [1.165, 1.54) is 28.3 Å². The van der Waals surface area contributed by atoms with Gasteiger partial charge in [0.2, 0.25) is 0 Å². The quantitative estimate of drug-likeness (QED) is 0.386. The second-order valence-corrected chi connectivity index (χ2v) is 10.9.